The summed E-state index contributed by atoms with van der Waals surface area (Å²) in [6.45, 7) is 6.26. The van der Waals surface area contributed by atoms with Gasteiger partial charge in [0.25, 0.3) is 0 Å². The van der Waals surface area contributed by atoms with Crippen LogP contribution in [0, 0.1) is 6.92 Å². The molecule has 0 saturated carbocycles. The molecule has 0 unspecified atom stereocenters. The second-order valence-corrected chi connectivity index (χ2v) is 12.0. The van der Waals surface area contributed by atoms with Crippen molar-refractivity contribution < 1.29 is 9.84 Å². The normalized spacial score (nSPS) is 11.7. The first-order chi connectivity index (χ1) is 23.9. The predicted molar refractivity (Wildman–Crippen MR) is 197 cm³/mol. The fourth-order valence-corrected chi connectivity index (χ4v) is 5.99. The summed E-state index contributed by atoms with van der Waals surface area (Å²) in [6.07, 6.45) is 4.51. The molecule has 49 heavy (non-hydrogen) atoms. The first-order valence-electron chi connectivity index (χ1n) is 16.6. The molecule has 0 aliphatic rings. The second-order valence-electron chi connectivity index (χ2n) is 12.0. The summed E-state index contributed by atoms with van der Waals surface area (Å²) in [6, 6.07) is 39.2. The third-order valence-corrected chi connectivity index (χ3v) is 8.78. The van der Waals surface area contributed by atoms with Crippen LogP contribution in [0.3, 0.4) is 0 Å². The Bertz CT molecular complexity index is 2080. The van der Waals surface area contributed by atoms with Gasteiger partial charge in [0.05, 0.1) is 25.0 Å². The Morgan fingerprint density at radius 3 is 2.24 bits per heavy atom. The lowest BCUT2D eigenvalue weighted by atomic mass is 9.88. The summed E-state index contributed by atoms with van der Waals surface area (Å²) in [7, 11) is 2.05. The van der Waals surface area contributed by atoms with Crippen molar-refractivity contribution in [2.24, 2.45) is 0 Å². The Labute approximate surface area is 287 Å². The maximum atomic E-state index is 11.7. The van der Waals surface area contributed by atoms with Crippen LogP contribution in [0.25, 0.3) is 22.4 Å². The number of hydrogen-bond acceptors (Lipinski definition) is 6. The van der Waals surface area contributed by atoms with Gasteiger partial charge in [-0.3, -0.25) is 9.48 Å². The van der Waals surface area contributed by atoms with Crippen molar-refractivity contribution in [1.29, 1.82) is 0 Å². The number of aromatic hydroxyl groups is 1. The Hall–Kier alpha value is -5.89. The number of ether oxygens (including phenoxy) is 1. The summed E-state index contributed by atoms with van der Waals surface area (Å²) >= 11 is 0. The van der Waals surface area contributed by atoms with Crippen molar-refractivity contribution in [1.82, 2.24) is 19.6 Å². The molecule has 8 heteroatoms. The molecule has 0 spiro atoms. The quantitative estimate of drug-likeness (QED) is 0.129. The van der Waals surface area contributed by atoms with Gasteiger partial charge in [-0.2, -0.15) is 0 Å². The van der Waals surface area contributed by atoms with E-state index in [9.17, 15) is 9.90 Å². The molecule has 0 saturated heterocycles. The average molecular weight is 652 g/mol. The smallest absolute Gasteiger partial charge is 0.223 e. The molecule has 0 aliphatic heterocycles. The number of aromatic nitrogens is 4. The highest BCUT2D eigenvalue weighted by Crippen LogP contribution is 2.35. The van der Waals surface area contributed by atoms with Crippen LogP contribution < -0.4 is 15.1 Å². The molecule has 0 bridgehead atoms. The van der Waals surface area contributed by atoms with Gasteiger partial charge in [0.15, 0.2) is 5.75 Å². The standard InChI is InChI=1S/C41H41N5O3/c1-4-37(31-12-7-5-8-13-31)40(32-14-9-6-10-15-32)33-18-20-36(21-19-33)49-27-26-44(3)35-17-11-16-34(28-35)38-29-46(43-42-38)25-24-45-23-22-39(47)41(48)30(45)2/h5-23,28-29,48H,4,24-27H2,1-3H3/b40-37-. The van der Waals surface area contributed by atoms with Gasteiger partial charge < -0.3 is 19.3 Å². The third-order valence-electron chi connectivity index (χ3n) is 8.78. The van der Waals surface area contributed by atoms with Crippen LogP contribution in [0.15, 0.2) is 132 Å². The highest BCUT2D eigenvalue weighted by molar-refractivity contribution is 5.98. The molecule has 4 aromatic carbocycles. The number of anilines is 1. The van der Waals surface area contributed by atoms with Crippen molar-refractivity contribution >= 4 is 16.8 Å². The van der Waals surface area contributed by atoms with E-state index in [2.05, 4.69) is 126 Å². The molecule has 0 atom stereocenters. The Kier molecular flexibility index (Phi) is 10.3. The van der Waals surface area contributed by atoms with Crippen molar-refractivity contribution in [3.8, 4) is 22.8 Å². The number of allylic oxidation sites excluding steroid dienone is 1. The van der Waals surface area contributed by atoms with Crippen LogP contribution in [-0.2, 0) is 13.1 Å². The van der Waals surface area contributed by atoms with Crippen molar-refractivity contribution in [2.45, 2.75) is 33.4 Å². The minimum atomic E-state index is -0.377. The monoisotopic (exact) mass is 651 g/mol. The molecule has 2 aromatic heterocycles. The zero-order chi connectivity index (χ0) is 34.2. The van der Waals surface area contributed by atoms with E-state index in [1.807, 2.05) is 22.9 Å². The SMILES string of the molecule is CC/C(=C(\c1ccccc1)c1ccc(OCCN(C)c2cccc(-c3cn(CCn4ccc(=O)c(O)c4C)nn3)c2)cc1)c1ccccc1. The van der Waals surface area contributed by atoms with E-state index >= 15 is 0 Å². The molecule has 6 rings (SSSR count). The second kappa shape index (κ2) is 15.3. The van der Waals surface area contributed by atoms with Crippen molar-refractivity contribution in [2.75, 3.05) is 25.1 Å². The number of pyridine rings is 1. The average Bonchev–Trinajstić information content (AvgIpc) is 3.63. The number of hydrogen-bond donors (Lipinski definition) is 1. The number of rotatable bonds is 13. The summed E-state index contributed by atoms with van der Waals surface area (Å²) in [5.41, 5.74) is 9.10. The minimum Gasteiger partial charge on any atom is -0.503 e. The van der Waals surface area contributed by atoms with E-state index in [1.54, 1.807) is 17.8 Å². The number of aryl methyl sites for hydroxylation is 2. The number of nitrogens with zero attached hydrogens (tertiary/aromatic N) is 5. The predicted octanol–water partition coefficient (Wildman–Crippen LogP) is 7.71. The van der Waals surface area contributed by atoms with E-state index in [0.29, 0.717) is 31.9 Å². The van der Waals surface area contributed by atoms with Gasteiger partial charge in [-0.25, -0.2) is 0 Å². The largest absolute Gasteiger partial charge is 0.503 e. The van der Waals surface area contributed by atoms with Crippen LogP contribution in [0.2, 0.25) is 0 Å². The molecule has 0 radical (unpaired) electrons. The third kappa shape index (κ3) is 7.81. The first kappa shape index (κ1) is 33.0. The molecular formula is C41H41N5O3. The van der Waals surface area contributed by atoms with E-state index in [1.165, 1.54) is 28.3 Å². The Balaban J connectivity index is 1.08. The van der Waals surface area contributed by atoms with Crippen LogP contribution in [0.5, 0.6) is 11.5 Å². The highest BCUT2D eigenvalue weighted by atomic mass is 16.5. The summed E-state index contributed by atoms with van der Waals surface area (Å²) < 4.78 is 9.79. The fourth-order valence-electron chi connectivity index (χ4n) is 5.99. The van der Waals surface area contributed by atoms with Crippen molar-refractivity contribution in [3.05, 3.63) is 160 Å². The van der Waals surface area contributed by atoms with Crippen LogP contribution in [-0.4, -0.2) is 44.9 Å². The Morgan fingerprint density at radius 2 is 1.53 bits per heavy atom. The van der Waals surface area contributed by atoms with Gasteiger partial charge in [-0.1, -0.05) is 97.1 Å². The molecule has 248 valence electrons. The molecule has 2 heterocycles. The maximum Gasteiger partial charge on any atom is 0.223 e. The molecule has 0 aliphatic carbocycles. The molecule has 6 aromatic rings. The lowest BCUT2D eigenvalue weighted by Crippen LogP contribution is -2.23. The number of likely N-dealkylation sites (N-methyl/N-ethyl adjacent to an activating group) is 1. The van der Waals surface area contributed by atoms with Crippen LogP contribution in [0.1, 0.15) is 35.7 Å². The van der Waals surface area contributed by atoms with E-state index in [-0.39, 0.29) is 11.2 Å². The molecule has 0 fully saturated rings. The van der Waals surface area contributed by atoms with Crippen molar-refractivity contribution in [3.63, 3.8) is 0 Å². The number of benzene rings is 4. The van der Waals surface area contributed by atoms with E-state index in [0.717, 1.165) is 34.7 Å². The van der Waals surface area contributed by atoms with Gasteiger partial charge in [0, 0.05) is 37.1 Å². The van der Waals surface area contributed by atoms with E-state index < -0.39 is 0 Å². The lowest BCUT2D eigenvalue weighted by Gasteiger charge is -2.20. The molecular weight excluding hydrogens is 610 g/mol. The zero-order valence-corrected chi connectivity index (χ0v) is 28.2. The van der Waals surface area contributed by atoms with Crippen LogP contribution in [0.4, 0.5) is 5.69 Å². The molecule has 0 amide bonds. The highest BCUT2D eigenvalue weighted by Gasteiger charge is 2.14. The Morgan fingerprint density at radius 1 is 0.837 bits per heavy atom. The van der Waals surface area contributed by atoms with Gasteiger partial charge in [-0.05, 0) is 65.4 Å². The van der Waals surface area contributed by atoms with E-state index in [4.69, 9.17) is 4.74 Å². The minimum absolute atomic E-state index is 0.221. The first-order valence-corrected chi connectivity index (χ1v) is 16.6. The van der Waals surface area contributed by atoms with Crippen LogP contribution >= 0.6 is 0 Å². The molecule has 8 nitrogen and oxygen atoms in total. The fraction of sp³-hybridized carbons (Fsp3) is 0.195. The lowest BCUT2D eigenvalue weighted by molar-refractivity contribution is 0.326. The summed E-state index contributed by atoms with van der Waals surface area (Å²) in [5, 5.41) is 18.6. The maximum absolute atomic E-state index is 11.7. The van der Waals surface area contributed by atoms with Gasteiger partial charge >= 0.3 is 0 Å². The van der Waals surface area contributed by atoms with Gasteiger partial charge in [0.1, 0.15) is 18.1 Å². The van der Waals surface area contributed by atoms with Gasteiger partial charge in [0.2, 0.25) is 5.43 Å². The molecule has 1 N–H and O–H groups in total. The topological polar surface area (TPSA) is 85.4 Å². The summed E-state index contributed by atoms with van der Waals surface area (Å²) in [4.78, 5) is 13.8. The zero-order valence-electron chi connectivity index (χ0n) is 28.2. The summed E-state index contributed by atoms with van der Waals surface area (Å²) in [5.74, 6) is 0.612. The van der Waals surface area contributed by atoms with Gasteiger partial charge in [-0.15, -0.1) is 5.10 Å².